The average molecular weight is 517 g/mol. The quantitative estimate of drug-likeness (QED) is 0.403. The number of para-hydroxylation sites is 1. The SMILES string of the molecule is CCN(CC)S(=O)(=O)c1ccc(Oc2ccccc2)c(NS(=O)(=O)c2c(C)c(C)cc(C)c2C)c1. The zero-order valence-corrected chi connectivity index (χ0v) is 22.5. The van der Waals surface area contributed by atoms with Crippen LogP contribution in [0.2, 0.25) is 0 Å². The summed E-state index contributed by atoms with van der Waals surface area (Å²) < 4.78 is 63.5. The first kappa shape index (κ1) is 26.7. The molecule has 35 heavy (non-hydrogen) atoms. The van der Waals surface area contributed by atoms with E-state index in [0.29, 0.717) is 30.0 Å². The second-order valence-corrected chi connectivity index (χ2v) is 11.9. The van der Waals surface area contributed by atoms with Gasteiger partial charge in [0.1, 0.15) is 5.75 Å². The summed E-state index contributed by atoms with van der Waals surface area (Å²) in [5.41, 5.74) is 3.02. The molecule has 0 bridgehead atoms. The molecule has 0 aromatic heterocycles. The molecular weight excluding hydrogens is 484 g/mol. The first-order valence-electron chi connectivity index (χ1n) is 11.4. The molecule has 0 aliphatic carbocycles. The van der Waals surface area contributed by atoms with Gasteiger partial charge in [-0.25, -0.2) is 16.8 Å². The van der Waals surface area contributed by atoms with Gasteiger partial charge in [0.2, 0.25) is 10.0 Å². The first-order chi connectivity index (χ1) is 16.4. The van der Waals surface area contributed by atoms with Crippen molar-refractivity contribution in [2.45, 2.75) is 51.3 Å². The minimum atomic E-state index is -4.07. The summed E-state index contributed by atoms with van der Waals surface area (Å²) in [6.45, 7) is 11.3. The molecule has 0 spiro atoms. The highest BCUT2D eigenvalue weighted by Crippen LogP contribution is 2.35. The van der Waals surface area contributed by atoms with Crippen molar-refractivity contribution >= 4 is 25.7 Å². The van der Waals surface area contributed by atoms with E-state index in [-0.39, 0.29) is 21.2 Å². The third-order valence-electron chi connectivity index (χ3n) is 6.08. The summed E-state index contributed by atoms with van der Waals surface area (Å²) in [7, 11) is -7.89. The Morgan fingerprint density at radius 3 is 1.91 bits per heavy atom. The van der Waals surface area contributed by atoms with Crippen LogP contribution in [0.15, 0.2) is 64.4 Å². The van der Waals surface area contributed by atoms with E-state index in [4.69, 9.17) is 4.74 Å². The van der Waals surface area contributed by atoms with Crippen LogP contribution >= 0.6 is 0 Å². The molecule has 0 saturated heterocycles. The van der Waals surface area contributed by atoms with Gasteiger partial charge in [0.15, 0.2) is 5.75 Å². The topological polar surface area (TPSA) is 92.8 Å². The zero-order chi connectivity index (χ0) is 26.0. The van der Waals surface area contributed by atoms with Gasteiger partial charge in [-0.2, -0.15) is 4.31 Å². The summed E-state index contributed by atoms with van der Waals surface area (Å²) in [5, 5.41) is 0. The number of ether oxygens (including phenoxy) is 1. The number of nitrogens with one attached hydrogen (secondary N) is 1. The van der Waals surface area contributed by atoms with Gasteiger partial charge in [-0.3, -0.25) is 4.72 Å². The lowest BCUT2D eigenvalue weighted by molar-refractivity contribution is 0.445. The normalized spacial score (nSPS) is 12.1. The Morgan fingerprint density at radius 2 is 1.37 bits per heavy atom. The van der Waals surface area contributed by atoms with Crippen LogP contribution < -0.4 is 9.46 Å². The maximum absolute atomic E-state index is 13.6. The predicted molar refractivity (Wildman–Crippen MR) is 139 cm³/mol. The maximum atomic E-state index is 13.6. The van der Waals surface area contributed by atoms with Crippen LogP contribution in [0.5, 0.6) is 11.5 Å². The average Bonchev–Trinajstić information content (AvgIpc) is 2.80. The van der Waals surface area contributed by atoms with E-state index in [0.717, 1.165) is 11.1 Å². The smallest absolute Gasteiger partial charge is 0.262 e. The van der Waals surface area contributed by atoms with Gasteiger partial charge in [0, 0.05) is 13.1 Å². The van der Waals surface area contributed by atoms with E-state index >= 15 is 0 Å². The molecule has 0 aliphatic heterocycles. The Balaban J connectivity index is 2.17. The Kier molecular flexibility index (Phi) is 7.93. The predicted octanol–water partition coefficient (Wildman–Crippen LogP) is 5.54. The number of hydrogen-bond donors (Lipinski definition) is 1. The zero-order valence-electron chi connectivity index (χ0n) is 20.9. The van der Waals surface area contributed by atoms with E-state index in [1.807, 2.05) is 26.0 Å². The Morgan fingerprint density at radius 1 is 0.800 bits per heavy atom. The van der Waals surface area contributed by atoms with E-state index in [1.54, 1.807) is 52.0 Å². The highest BCUT2D eigenvalue weighted by Gasteiger charge is 2.27. The van der Waals surface area contributed by atoms with Crippen LogP contribution in [0.4, 0.5) is 5.69 Å². The van der Waals surface area contributed by atoms with E-state index in [9.17, 15) is 16.8 Å². The summed E-state index contributed by atoms with van der Waals surface area (Å²) >= 11 is 0. The molecule has 3 aromatic rings. The van der Waals surface area contributed by atoms with Crippen molar-refractivity contribution in [2.75, 3.05) is 17.8 Å². The molecule has 3 aromatic carbocycles. The van der Waals surface area contributed by atoms with Crippen molar-refractivity contribution in [2.24, 2.45) is 0 Å². The molecule has 0 aliphatic rings. The number of nitrogens with zero attached hydrogens (tertiary/aromatic N) is 1. The van der Waals surface area contributed by atoms with Gasteiger partial charge in [-0.15, -0.1) is 0 Å². The fraction of sp³-hybridized carbons (Fsp3) is 0.308. The summed E-state index contributed by atoms with van der Waals surface area (Å²) in [5.74, 6) is 0.684. The van der Waals surface area contributed by atoms with Gasteiger partial charge in [0.05, 0.1) is 15.5 Å². The number of hydrogen-bond acceptors (Lipinski definition) is 5. The van der Waals surface area contributed by atoms with Gasteiger partial charge < -0.3 is 4.74 Å². The fourth-order valence-electron chi connectivity index (χ4n) is 3.95. The summed E-state index contributed by atoms with van der Waals surface area (Å²) in [6.07, 6.45) is 0. The molecule has 9 heteroatoms. The Labute approximate surface area is 208 Å². The fourth-order valence-corrected chi connectivity index (χ4v) is 7.11. The molecule has 0 fully saturated rings. The minimum absolute atomic E-state index is 0.0202. The molecule has 1 N–H and O–H groups in total. The summed E-state index contributed by atoms with van der Waals surface area (Å²) in [6, 6.07) is 15.1. The van der Waals surface area contributed by atoms with Crippen LogP contribution in [-0.4, -0.2) is 34.2 Å². The van der Waals surface area contributed by atoms with E-state index in [1.165, 1.54) is 22.5 Å². The van der Waals surface area contributed by atoms with E-state index in [2.05, 4.69) is 4.72 Å². The highest BCUT2D eigenvalue weighted by molar-refractivity contribution is 7.93. The third-order valence-corrected chi connectivity index (χ3v) is 9.76. The Bertz CT molecular complexity index is 1400. The molecule has 3 rings (SSSR count). The van der Waals surface area contributed by atoms with Crippen molar-refractivity contribution in [3.05, 3.63) is 76.9 Å². The van der Waals surface area contributed by atoms with Gasteiger partial charge in [0.25, 0.3) is 10.0 Å². The lowest BCUT2D eigenvalue weighted by atomic mass is 10.0. The molecule has 188 valence electrons. The molecular formula is C26H32N2O5S2. The van der Waals surface area contributed by atoms with E-state index < -0.39 is 20.0 Å². The number of rotatable bonds is 9. The van der Waals surface area contributed by atoms with Crippen LogP contribution in [0.1, 0.15) is 36.1 Å². The van der Waals surface area contributed by atoms with Crippen LogP contribution in [0, 0.1) is 27.7 Å². The van der Waals surface area contributed by atoms with Crippen LogP contribution in [0.3, 0.4) is 0 Å². The highest BCUT2D eigenvalue weighted by atomic mass is 32.2. The maximum Gasteiger partial charge on any atom is 0.262 e. The molecule has 0 unspecified atom stereocenters. The molecule has 0 heterocycles. The van der Waals surface area contributed by atoms with Crippen molar-refractivity contribution in [1.29, 1.82) is 0 Å². The van der Waals surface area contributed by atoms with Crippen molar-refractivity contribution in [3.63, 3.8) is 0 Å². The van der Waals surface area contributed by atoms with Gasteiger partial charge in [-0.05, 0) is 80.3 Å². The standard InChI is InChI=1S/C26H32N2O5S2/c1-7-28(8-2)35(31,32)23-14-15-25(33-22-12-10-9-11-13-22)24(17-23)27-34(29,30)26-20(5)18(3)16-19(4)21(26)6/h9-17,27H,7-8H2,1-6H3. The number of benzene rings is 3. The molecule has 0 amide bonds. The van der Waals surface area contributed by atoms with Crippen molar-refractivity contribution < 1.29 is 21.6 Å². The van der Waals surface area contributed by atoms with Crippen LogP contribution in [-0.2, 0) is 20.0 Å². The van der Waals surface area contributed by atoms with Crippen LogP contribution in [0.25, 0.3) is 0 Å². The molecule has 0 saturated carbocycles. The lowest BCUT2D eigenvalue weighted by Gasteiger charge is -2.21. The monoisotopic (exact) mass is 516 g/mol. The first-order valence-corrected chi connectivity index (χ1v) is 14.3. The number of anilines is 1. The second kappa shape index (κ2) is 10.4. The van der Waals surface area contributed by atoms with Crippen molar-refractivity contribution in [1.82, 2.24) is 4.31 Å². The van der Waals surface area contributed by atoms with Gasteiger partial charge >= 0.3 is 0 Å². The molecule has 0 atom stereocenters. The second-order valence-electron chi connectivity index (χ2n) is 8.36. The van der Waals surface area contributed by atoms with Crippen molar-refractivity contribution in [3.8, 4) is 11.5 Å². The number of aryl methyl sites for hydroxylation is 2. The number of sulfonamides is 2. The molecule has 0 radical (unpaired) electrons. The van der Waals surface area contributed by atoms with Gasteiger partial charge in [-0.1, -0.05) is 38.1 Å². The third kappa shape index (κ3) is 5.52. The largest absolute Gasteiger partial charge is 0.455 e. The summed E-state index contributed by atoms with van der Waals surface area (Å²) in [4.78, 5) is 0.158. The Hall–Kier alpha value is -2.88. The molecule has 7 nitrogen and oxygen atoms in total. The minimum Gasteiger partial charge on any atom is -0.455 e. The lowest BCUT2D eigenvalue weighted by Crippen LogP contribution is -2.30.